The molecule has 0 saturated carbocycles. The van der Waals surface area contributed by atoms with E-state index in [1.54, 1.807) is 31.4 Å². The first-order valence-electron chi connectivity index (χ1n) is 6.15. The molecule has 0 bridgehead atoms. The van der Waals surface area contributed by atoms with Crippen molar-refractivity contribution < 1.29 is 18.3 Å². The highest BCUT2D eigenvalue weighted by molar-refractivity contribution is 5.45. The third kappa shape index (κ3) is 3.60. The van der Waals surface area contributed by atoms with Gasteiger partial charge in [-0.2, -0.15) is 0 Å². The summed E-state index contributed by atoms with van der Waals surface area (Å²) in [5.41, 5.74) is -0.133. The van der Waals surface area contributed by atoms with Gasteiger partial charge in [-0.3, -0.25) is 0 Å². The molecule has 0 aromatic heterocycles. The first kappa shape index (κ1) is 14.1. The summed E-state index contributed by atoms with van der Waals surface area (Å²) in [6.07, 6.45) is 0. The first-order chi connectivity index (χ1) is 9.70. The van der Waals surface area contributed by atoms with Crippen molar-refractivity contribution in [1.29, 1.82) is 0 Å². The molecule has 0 spiro atoms. The van der Waals surface area contributed by atoms with Crippen molar-refractivity contribution in [1.82, 2.24) is 0 Å². The van der Waals surface area contributed by atoms with Crippen LogP contribution in [0.5, 0.6) is 11.5 Å². The van der Waals surface area contributed by atoms with Gasteiger partial charge in [0, 0.05) is 6.54 Å². The third-order valence-electron chi connectivity index (χ3n) is 2.69. The summed E-state index contributed by atoms with van der Waals surface area (Å²) in [4.78, 5) is 0. The molecule has 3 nitrogen and oxygen atoms in total. The van der Waals surface area contributed by atoms with Crippen LogP contribution in [-0.4, -0.2) is 20.3 Å². The van der Waals surface area contributed by atoms with Crippen molar-refractivity contribution in [3.63, 3.8) is 0 Å². The zero-order chi connectivity index (χ0) is 14.4. The van der Waals surface area contributed by atoms with Gasteiger partial charge in [0.2, 0.25) is 0 Å². The fourth-order valence-corrected chi connectivity index (χ4v) is 1.68. The Labute approximate surface area is 116 Å². The molecule has 0 saturated heterocycles. The van der Waals surface area contributed by atoms with E-state index in [2.05, 4.69) is 5.32 Å². The first-order valence-corrected chi connectivity index (χ1v) is 6.15. The average Bonchev–Trinajstić information content (AvgIpc) is 2.46. The van der Waals surface area contributed by atoms with Crippen LogP contribution in [0, 0.1) is 11.6 Å². The largest absolute Gasteiger partial charge is 0.497 e. The van der Waals surface area contributed by atoms with E-state index in [-0.39, 0.29) is 5.69 Å². The molecule has 1 N–H and O–H groups in total. The fourth-order valence-electron chi connectivity index (χ4n) is 1.68. The summed E-state index contributed by atoms with van der Waals surface area (Å²) in [5, 5.41) is 2.67. The number of hydrogen-bond donors (Lipinski definition) is 1. The number of rotatable bonds is 6. The van der Waals surface area contributed by atoms with Gasteiger partial charge in [-0.1, -0.05) is 6.07 Å². The van der Waals surface area contributed by atoms with Crippen LogP contribution in [0.2, 0.25) is 0 Å². The lowest BCUT2D eigenvalue weighted by atomic mass is 10.3. The van der Waals surface area contributed by atoms with E-state index in [1.807, 2.05) is 0 Å². The topological polar surface area (TPSA) is 30.5 Å². The van der Waals surface area contributed by atoms with E-state index in [9.17, 15) is 8.78 Å². The van der Waals surface area contributed by atoms with Crippen molar-refractivity contribution in [3.05, 3.63) is 54.1 Å². The van der Waals surface area contributed by atoms with Crippen LogP contribution >= 0.6 is 0 Å². The highest BCUT2D eigenvalue weighted by atomic mass is 19.1. The number of anilines is 1. The molecule has 5 heteroatoms. The Morgan fingerprint density at radius 3 is 2.15 bits per heavy atom. The third-order valence-corrected chi connectivity index (χ3v) is 2.69. The average molecular weight is 279 g/mol. The predicted octanol–water partition coefficient (Wildman–Crippen LogP) is 3.46. The Balaban J connectivity index is 1.81. The normalized spacial score (nSPS) is 10.2. The lowest BCUT2D eigenvalue weighted by molar-refractivity contribution is 0.331. The quantitative estimate of drug-likeness (QED) is 0.821. The number of para-hydroxylation sites is 1. The van der Waals surface area contributed by atoms with Crippen molar-refractivity contribution in [3.8, 4) is 11.5 Å². The summed E-state index contributed by atoms with van der Waals surface area (Å²) in [7, 11) is 1.59. The number of ether oxygens (including phenoxy) is 2. The summed E-state index contributed by atoms with van der Waals surface area (Å²) in [6.45, 7) is 0.587. The molecule has 2 aromatic rings. The standard InChI is InChI=1S/C15H15F2NO2/c1-19-11-5-7-12(8-6-11)20-10-9-18-15-13(16)3-2-4-14(15)17/h2-8,18H,9-10H2,1H3. The van der Waals surface area contributed by atoms with Gasteiger partial charge in [0.15, 0.2) is 0 Å². The van der Waals surface area contributed by atoms with Gasteiger partial charge < -0.3 is 14.8 Å². The number of methoxy groups -OCH3 is 1. The Morgan fingerprint density at radius 1 is 0.950 bits per heavy atom. The number of hydrogen-bond acceptors (Lipinski definition) is 3. The van der Waals surface area contributed by atoms with Crippen LogP contribution < -0.4 is 14.8 Å². The van der Waals surface area contributed by atoms with Crippen molar-refractivity contribution in [2.45, 2.75) is 0 Å². The summed E-state index contributed by atoms with van der Waals surface area (Å²) in [6, 6.07) is 10.8. The molecular weight excluding hydrogens is 264 g/mol. The molecule has 20 heavy (non-hydrogen) atoms. The lowest BCUT2D eigenvalue weighted by Gasteiger charge is -2.10. The maximum absolute atomic E-state index is 13.3. The molecule has 2 rings (SSSR count). The molecule has 0 aliphatic heterocycles. The molecule has 0 unspecified atom stereocenters. The number of nitrogens with one attached hydrogen (secondary N) is 1. The summed E-state index contributed by atoms with van der Waals surface area (Å²) in [5.74, 6) is 0.175. The lowest BCUT2D eigenvalue weighted by Crippen LogP contribution is -2.13. The van der Waals surface area contributed by atoms with Gasteiger partial charge in [0.05, 0.1) is 7.11 Å². The predicted molar refractivity (Wildman–Crippen MR) is 73.3 cm³/mol. The van der Waals surface area contributed by atoms with Crippen LogP contribution in [0.25, 0.3) is 0 Å². The van der Waals surface area contributed by atoms with E-state index in [4.69, 9.17) is 9.47 Å². The molecule has 0 aliphatic rings. The smallest absolute Gasteiger partial charge is 0.149 e. The van der Waals surface area contributed by atoms with Crippen molar-refractivity contribution in [2.24, 2.45) is 0 Å². The van der Waals surface area contributed by atoms with Gasteiger partial charge in [-0.15, -0.1) is 0 Å². The van der Waals surface area contributed by atoms with E-state index >= 15 is 0 Å². The Hall–Kier alpha value is -2.30. The highest BCUT2D eigenvalue weighted by Gasteiger charge is 2.06. The Kier molecular flexibility index (Phi) is 4.76. The van der Waals surface area contributed by atoms with Crippen LogP contribution in [0.4, 0.5) is 14.5 Å². The fraction of sp³-hybridized carbons (Fsp3) is 0.200. The summed E-state index contributed by atoms with van der Waals surface area (Å²) < 4.78 is 37.1. The van der Waals surface area contributed by atoms with Crippen molar-refractivity contribution in [2.75, 3.05) is 25.6 Å². The Morgan fingerprint density at radius 2 is 1.55 bits per heavy atom. The second kappa shape index (κ2) is 6.75. The minimum absolute atomic E-state index is 0.133. The van der Waals surface area contributed by atoms with Crippen molar-refractivity contribution >= 4 is 5.69 Å². The molecular formula is C15H15F2NO2. The molecule has 0 fully saturated rings. The maximum atomic E-state index is 13.3. The molecule has 106 valence electrons. The molecule has 0 heterocycles. The van der Waals surface area contributed by atoms with E-state index in [0.29, 0.717) is 18.9 Å². The van der Waals surface area contributed by atoms with Crippen LogP contribution in [-0.2, 0) is 0 Å². The minimum Gasteiger partial charge on any atom is -0.497 e. The van der Waals surface area contributed by atoms with Gasteiger partial charge in [0.1, 0.15) is 35.4 Å². The van der Waals surface area contributed by atoms with E-state index < -0.39 is 11.6 Å². The maximum Gasteiger partial charge on any atom is 0.149 e. The summed E-state index contributed by atoms with van der Waals surface area (Å²) >= 11 is 0. The number of benzene rings is 2. The van der Waals surface area contributed by atoms with Crippen LogP contribution in [0.3, 0.4) is 0 Å². The van der Waals surface area contributed by atoms with E-state index in [0.717, 1.165) is 5.75 Å². The molecule has 2 aromatic carbocycles. The molecule has 0 atom stereocenters. The monoisotopic (exact) mass is 279 g/mol. The van der Waals surface area contributed by atoms with E-state index in [1.165, 1.54) is 18.2 Å². The highest BCUT2D eigenvalue weighted by Crippen LogP contribution is 2.18. The van der Waals surface area contributed by atoms with Gasteiger partial charge in [-0.05, 0) is 36.4 Å². The van der Waals surface area contributed by atoms with Gasteiger partial charge in [0.25, 0.3) is 0 Å². The second-order valence-electron chi connectivity index (χ2n) is 4.05. The van der Waals surface area contributed by atoms with Crippen LogP contribution in [0.15, 0.2) is 42.5 Å². The van der Waals surface area contributed by atoms with Gasteiger partial charge in [-0.25, -0.2) is 8.78 Å². The SMILES string of the molecule is COc1ccc(OCCNc2c(F)cccc2F)cc1. The minimum atomic E-state index is -0.616. The Bertz CT molecular complexity index is 538. The molecule has 0 aliphatic carbocycles. The second-order valence-corrected chi connectivity index (χ2v) is 4.05. The molecule has 0 amide bonds. The van der Waals surface area contributed by atoms with Crippen LogP contribution in [0.1, 0.15) is 0 Å². The number of halogens is 2. The zero-order valence-corrected chi connectivity index (χ0v) is 11.0. The van der Waals surface area contributed by atoms with Gasteiger partial charge >= 0.3 is 0 Å². The zero-order valence-electron chi connectivity index (χ0n) is 11.0. The molecule has 0 radical (unpaired) electrons.